The van der Waals surface area contributed by atoms with Crippen molar-refractivity contribution in [3.8, 4) is 11.5 Å². The Morgan fingerprint density at radius 2 is 1.48 bits per heavy atom. The molecule has 0 spiro atoms. The molecule has 2 aromatic rings. The molecular formula is C21H25N3O5. The maximum Gasteiger partial charge on any atom is 0.276 e. The molecule has 0 bridgehead atoms. The first-order valence-corrected chi connectivity index (χ1v) is 9.18. The summed E-state index contributed by atoms with van der Waals surface area (Å²) >= 11 is 0. The fourth-order valence-electron chi connectivity index (χ4n) is 2.30. The Bertz CT molecular complexity index is 865. The number of hydrogen-bond donors (Lipinski definition) is 3. The SMILES string of the molecule is CCOc1ccc(C(=O)NCC(=O)NNC(=O)COc2ccc(C)c(C)c2)cc1. The van der Waals surface area contributed by atoms with E-state index < -0.39 is 17.7 Å². The van der Waals surface area contributed by atoms with Crippen molar-refractivity contribution in [2.24, 2.45) is 0 Å². The first-order chi connectivity index (χ1) is 13.9. The van der Waals surface area contributed by atoms with Gasteiger partial charge in [0.2, 0.25) is 0 Å². The van der Waals surface area contributed by atoms with Crippen molar-refractivity contribution < 1.29 is 23.9 Å². The van der Waals surface area contributed by atoms with Crippen LogP contribution < -0.4 is 25.6 Å². The molecule has 0 unspecified atom stereocenters. The van der Waals surface area contributed by atoms with Crippen LogP contribution in [0.15, 0.2) is 42.5 Å². The Balaban J connectivity index is 1.68. The van der Waals surface area contributed by atoms with E-state index in [1.807, 2.05) is 32.9 Å². The van der Waals surface area contributed by atoms with Crippen LogP contribution in [0.2, 0.25) is 0 Å². The Kier molecular flexibility index (Phi) is 8.02. The van der Waals surface area contributed by atoms with E-state index in [0.29, 0.717) is 23.7 Å². The summed E-state index contributed by atoms with van der Waals surface area (Å²) in [4.78, 5) is 35.6. The summed E-state index contributed by atoms with van der Waals surface area (Å²) in [5.41, 5.74) is 7.03. The molecule has 3 N–H and O–H groups in total. The molecule has 8 nitrogen and oxygen atoms in total. The van der Waals surface area contributed by atoms with E-state index in [-0.39, 0.29) is 13.2 Å². The van der Waals surface area contributed by atoms with Gasteiger partial charge < -0.3 is 14.8 Å². The highest BCUT2D eigenvalue weighted by Gasteiger charge is 2.10. The normalized spacial score (nSPS) is 10.0. The second-order valence-corrected chi connectivity index (χ2v) is 6.27. The largest absolute Gasteiger partial charge is 0.494 e. The summed E-state index contributed by atoms with van der Waals surface area (Å²) in [6, 6.07) is 12.1. The number of benzene rings is 2. The van der Waals surface area contributed by atoms with Crippen LogP contribution in [-0.4, -0.2) is 37.5 Å². The van der Waals surface area contributed by atoms with Crippen LogP contribution in [0.4, 0.5) is 0 Å². The second-order valence-electron chi connectivity index (χ2n) is 6.27. The Hall–Kier alpha value is -3.55. The lowest BCUT2D eigenvalue weighted by atomic mass is 10.1. The number of hydrazine groups is 1. The molecule has 29 heavy (non-hydrogen) atoms. The average molecular weight is 399 g/mol. The van der Waals surface area contributed by atoms with E-state index in [4.69, 9.17) is 9.47 Å². The molecule has 2 aromatic carbocycles. The standard InChI is InChI=1S/C21H25N3O5/c1-4-28-17-9-6-16(7-10-17)21(27)22-12-19(25)23-24-20(26)13-29-18-8-5-14(2)15(3)11-18/h5-11H,4,12-13H2,1-3H3,(H,22,27)(H,23,25)(H,24,26). The molecule has 3 amide bonds. The zero-order valence-corrected chi connectivity index (χ0v) is 16.7. The topological polar surface area (TPSA) is 106 Å². The van der Waals surface area contributed by atoms with Crippen molar-refractivity contribution in [1.82, 2.24) is 16.2 Å². The summed E-state index contributed by atoms with van der Waals surface area (Å²) in [6.07, 6.45) is 0. The van der Waals surface area contributed by atoms with Gasteiger partial charge in [0, 0.05) is 5.56 Å². The quantitative estimate of drug-likeness (QED) is 0.586. The number of hydrogen-bond acceptors (Lipinski definition) is 5. The molecular weight excluding hydrogens is 374 g/mol. The number of ether oxygens (including phenoxy) is 2. The number of rotatable bonds is 8. The summed E-state index contributed by atoms with van der Waals surface area (Å²) in [7, 11) is 0. The van der Waals surface area contributed by atoms with Crippen LogP contribution in [0, 0.1) is 13.8 Å². The van der Waals surface area contributed by atoms with Gasteiger partial charge in [-0.05, 0) is 68.3 Å². The van der Waals surface area contributed by atoms with Crippen LogP contribution in [0.1, 0.15) is 28.4 Å². The van der Waals surface area contributed by atoms with Gasteiger partial charge in [-0.3, -0.25) is 25.2 Å². The summed E-state index contributed by atoms with van der Waals surface area (Å²) < 4.78 is 10.7. The third-order valence-electron chi connectivity index (χ3n) is 4.03. The third kappa shape index (κ3) is 7.17. The minimum atomic E-state index is -0.566. The number of nitrogens with one attached hydrogen (secondary N) is 3. The molecule has 8 heteroatoms. The minimum Gasteiger partial charge on any atom is -0.494 e. The van der Waals surface area contributed by atoms with Crippen LogP contribution >= 0.6 is 0 Å². The monoisotopic (exact) mass is 399 g/mol. The molecule has 0 aliphatic carbocycles. The number of carbonyl (C=O) groups excluding carboxylic acids is 3. The van der Waals surface area contributed by atoms with Gasteiger partial charge >= 0.3 is 0 Å². The number of amides is 3. The van der Waals surface area contributed by atoms with Crippen molar-refractivity contribution >= 4 is 17.7 Å². The van der Waals surface area contributed by atoms with Gasteiger partial charge in [0.1, 0.15) is 11.5 Å². The Labute approximate surface area is 169 Å². The van der Waals surface area contributed by atoms with E-state index in [1.54, 1.807) is 30.3 Å². The van der Waals surface area contributed by atoms with E-state index in [0.717, 1.165) is 11.1 Å². The average Bonchev–Trinajstić information content (AvgIpc) is 2.72. The highest BCUT2D eigenvalue weighted by molar-refractivity contribution is 5.96. The first kappa shape index (κ1) is 21.7. The van der Waals surface area contributed by atoms with Gasteiger partial charge in [-0.25, -0.2) is 0 Å². The molecule has 0 heterocycles. The zero-order chi connectivity index (χ0) is 21.2. The highest BCUT2D eigenvalue weighted by atomic mass is 16.5. The predicted octanol–water partition coefficient (Wildman–Crippen LogP) is 1.66. The first-order valence-electron chi connectivity index (χ1n) is 9.18. The number of carbonyl (C=O) groups is 3. The van der Waals surface area contributed by atoms with Gasteiger partial charge in [0.05, 0.1) is 13.2 Å². The van der Waals surface area contributed by atoms with Crippen molar-refractivity contribution in [2.75, 3.05) is 19.8 Å². The lowest BCUT2D eigenvalue weighted by molar-refractivity contribution is -0.129. The van der Waals surface area contributed by atoms with E-state index in [1.165, 1.54) is 0 Å². The summed E-state index contributed by atoms with van der Waals surface area (Å²) in [6.45, 7) is 5.80. The van der Waals surface area contributed by atoms with Crippen molar-refractivity contribution in [3.63, 3.8) is 0 Å². The molecule has 0 atom stereocenters. The van der Waals surface area contributed by atoms with Crippen molar-refractivity contribution in [2.45, 2.75) is 20.8 Å². The minimum absolute atomic E-state index is 0.249. The van der Waals surface area contributed by atoms with Gasteiger partial charge in [-0.1, -0.05) is 6.07 Å². The Morgan fingerprint density at radius 1 is 0.828 bits per heavy atom. The molecule has 0 aliphatic rings. The van der Waals surface area contributed by atoms with Gasteiger partial charge in [-0.2, -0.15) is 0 Å². The van der Waals surface area contributed by atoms with Gasteiger partial charge in [0.25, 0.3) is 17.7 Å². The molecule has 0 saturated carbocycles. The van der Waals surface area contributed by atoms with Gasteiger partial charge in [0.15, 0.2) is 6.61 Å². The summed E-state index contributed by atoms with van der Waals surface area (Å²) in [5, 5.41) is 2.47. The lowest BCUT2D eigenvalue weighted by Crippen LogP contribution is -2.47. The van der Waals surface area contributed by atoms with E-state index >= 15 is 0 Å². The number of aryl methyl sites for hydroxylation is 2. The fourth-order valence-corrected chi connectivity index (χ4v) is 2.30. The van der Waals surface area contributed by atoms with Crippen LogP contribution in [0.3, 0.4) is 0 Å². The molecule has 0 fully saturated rings. The highest BCUT2D eigenvalue weighted by Crippen LogP contribution is 2.16. The zero-order valence-electron chi connectivity index (χ0n) is 16.7. The van der Waals surface area contributed by atoms with Crippen LogP contribution in [0.5, 0.6) is 11.5 Å². The van der Waals surface area contributed by atoms with Crippen molar-refractivity contribution in [3.05, 3.63) is 59.2 Å². The maximum atomic E-state index is 12.0. The fraction of sp³-hybridized carbons (Fsp3) is 0.286. The van der Waals surface area contributed by atoms with Gasteiger partial charge in [-0.15, -0.1) is 0 Å². The van der Waals surface area contributed by atoms with E-state index in [9.17, 15) is 14.4 Å². The smallest absolute Gasteiger partial charge is 0.276 e. The van der Waals surface area contributed by atoms with Crippen LogP contribution in [-0.2, 0) is 9.59 Å². The predicted molar refractivity (Wildman–Crippen MR) is 108 cm³/mol. The van der Waals surface area contributed by atoms with E-state index in [2.05, 4.69) is 16.2 Å². The molecule has 0 radical (unpaired) electrons. The lowest BCUT2D eigenvalue weighted by Gasteiger charge is -2.10. The molecule has 0 aromatic heterocycles. The maximum absolute atomic E-state index is 12.0. The van der Waals surface area contributed by atoms with Crippen LogP contribution in [0.25, 0.3) is 0 Å². The second kappa shape index (κ2) is 10.7. The third-order valence-corrected chi connectivity index (χ3v) is 4.03. The molecule has 154 valence electrons. The molecule has 0 aliphatic heterocycles. The summed E-state index contributed by atoms with van der Waals surface area (Å²) in [5.74, 6) is -0.268. The Morgan fingerprint density at radius 3 is 2.14 bits per heavy atom. The molecule has 2 rings (SSSR count). The molecule has 0 saturated heterocycles. The van der Waals surface area contributed by atoms with Crippen molar-refractivity contribution in [1.29, 1.82) is 0 Å².